The van der Waals surface area contributed by atoms with Gasteiger partial charge in [-0.2, -0.15) is 0 Å². The van der Waals surface area contributed by atoms with E-state index in [0.29, 0.717) is 0 Å². The van der Waals surface area contributed by atoms with Crippen molar-refractivity contribution in [1.29, 1.82) is 0 Å². The fourth-order valence-corrected chi connectivity index (χ4v) is 3.54. The van der Waals surface area contributed by atoms with Gasteiger partial charge in [0.15, 0.2) is 5.13 Å². The number of methoxy groups -OCH3 is 1. The van der Waals surface area contributed by atoms with E-state index in [2.05, 4.69) is 22.2 Å². The van der Waals surface area contributed by atoms with Crippen molar-refractivity contribution in [3.05, 3.63) is 34.3 Å². The summed E-state index contributed by atoms with van der Waals surface area (Å²) in [7, 11) is 1.68. The van der Waals surface area contributed by atoms with Crippen LogP contribution in [-0.4, -0.2) is 17.1 Å². The van der Waals surface area contributed by atoms with Gasteiger partial charge in [0.05, 0.1) is 23.9 Å². The van der Waals surface area contributed by atoms with Crippen LogP contribution >= 0.6 is 22.7 Å². The Kier molecular flexibility index (Phi) is 3.84. The largest absolute Gasteiger partial charge is 0.497 e. The zero-order chi connectivity index (χ0) is 13.9. The third-order valence-corrected chi connectivity index (χ3v) is 5.05. The minimum absolute atomic E-state index is 0.724. The van der Waals surface area contributed by atoms with Crippen LogP contribution in [0.25, 0.3) is 10.2 Å². The SMILES string of the molecule is CCc1cnc(CNc2nc3ccc(OC)cc3s2)s1. The van der Waals surface area contributed by atoms with Crippen molar-refractivity contribution in [3.63, 3.8) is 0 Å². The molecule has 0 bridgehead atoms. The first-order chi connectivity index (χ1) is 9.78. The Balaban J connectivity index is 1.73. The van der Waals surface area contributed by atoms with Crippen LogP contribution in [0, 0.1) is 0 Å². The number of rotatable bonds is 5. The number of benzene rings is 1. The highest BCUT2D eigenvalue weighted by Crippen LogP contribution is 2.29. The maximum Gasteiger partial charge on any atom is 0.184 e. The van der Waals surface area contributed by atoms with Crippen LogP contribution in [0.15, 0.2) is 24.4 Å². The predicted molar refractivity (Wildman–Crippen MR) is 85.0 cm³/mol. The molecule has 0 amide bonds. The van der Waals surface area contributed by atoms with E-state index in [4.69, 9.17) is 4.74 Å². The summed E-state index contributed by atoms with van der Waals surface area (Å²) in [5, 5.41) is 5.35. The van der Waals surface area contributed by atoms with Gasteiger partial charge in [-0.3, -0.25) is 0 Å². The number of aromatic nitrogens is 2. The summed E-state index contributed by atoms with van der Waals surface area (Å²) in [4.78, 5) is 10.3. The lowest BCUT2D eigenvalue weighted by molar-refractivity contribution is 0.415. The zero-order valence-corrected chi connectivity index (χ0v) is 13.0. The summed E-state index contributed by atoms with van der Waals surface area (Å²) >= 11 is 3.38. The fraction of sp³-hybridized carbons (Fsp3) is 0.286. The summed E-state index contributed by atoms with van der Waals surface area (Å²) in [6.45, 7) is 2.87. The van der Waals surface area contributed by atoms with Crippen LogP contribution in [0.2, 0.25) is 0 Å². The van der Waals surface area contributed by atoms with Gasteiger partial charge in [-0.15, -0.1) is 11.3 Å². The van der Waals surface area contributed by atoms with Crippen molar-refractivity contribution < 1.29 is 4.74 Å². The summed E-state index contributed by atoms with van der Waals surface area (Å²) < 4.78 is 6.35. The Labute approximate surface area is 125 Å². The number of thiazole rings is 2. The molecule has 0 radical (unpaired) electrons. The molecule has 6 heteroatoms. The number of ether oxygens (including phenoxy) is 1. The number of aryl methyl sites for hydroxylation is 1. The number of hydrogen-bond acceptors (Lipinski definition) is 6. The second-order valence-corrected chi connectivity index (χ2v) is 6.51. The normalized spacial score (nSPS) is 10.9. The van der Waals surface area contributed by atoms with Gasteiger partial charge in [0.1, 0.15) is 10.8 Å². The number of fused-ring (bicyclic) bond motifs is 1. The van der Waals surface area contributed by atoms with E-state index in [9.17, 15) is 0 Å². The molecule has 20 heavy (non-hydrogen) atoms. The first-order valence-electron chi connectivity index (χ1n) is 6.40. The summed E-state index contributed by atoms with van der Waals surface area (Å²) in [5.41, 5.74) is 0.992. The van der Waals surface area contributed by atoms with Gasteiger partial charge in [0.25, 0.3) is 0 Å². The molecule has 3 aromatic rings. The van der Waals surface area contributed by atoms with Crippen molar-refractivity contribution in [1.82, 2.24) is 9.97 Å². The molecule has 2 aromatic heterocycles. The quantitative estimate of drug-likeness (QED) is 0.775. The third-order valence-electron chi connectivity index (χ3n) is 2.94. The van der Waals surface area contributed by atoms with Gasteiger partial charge in [0.2, 0.25) is 0 Å². The number of nitrogens with zero attached hydrogens (tertiary/aromatic N) is 2. The van der Waals surface area contributed by atoms with Crippen LogP contribution in [0.3, 0.4) is 0 Å². The summed E-state index contributed by atoms with van der Waals surface area (Å²) in [6.07, 6.45) is 2.99. The molecule has 0 fully saturated rings. The molecule has 0 aliphatic heterocycles. The molecule has 0 unspecified atom stereocenters. The van der Waals surface area contributed by atoms with Crippen molar-refractivity contribution >= 4 is 38.0 Å². The topological polar surface area (TPSA) is 47.0 Å². The zero-order valence-electron chi connectivity index (χ0n) is 11.3. The molecule has 2 heterocycles. The maximum absolute atomic E-state index is 5.23. The highest BCUT2D eigenvalue weighted by Gasteiger charge is 2.06. The number of anilines is 1. The standard InChI is InChI=1S/C14H15N3OS2/c1-3-10-7-15-13(19-10)8-16-14-17-11-5-4-9(18-2)6-12(11)20-14/h4-7H,3,8H2,1-2H3,(H,16,17). The maximum atomic E-state index is 5.23. The Hall–Kier alpha value is -1.66. The molecular weight excluding hydrogens is 290 g/mol. The molecule has 1 N–H and O–H groups in total. The highest BCUT2D eigenvalue weighted by atomic mass is 32.1. The second-order valence-electron chi connectivity index (χ2n) is 4.28. The lowest BCUT2D eigenvalue weighted by atomic mass is 10.3. The van der Waals surface area contributed by atoms with E-state index in [0.717, 1.165) is 39.1 Å². The molecule has 0 saturated carbocycles. The van der Waals surface area contributed by atoms with E-state index >= 15 is 0 Å². The molecule has 0 aliphatic rings. The average molecular weight is 305 g/mol. The summed E-state index contributed by atoms with van der Waals surface area (Å²) in [6, 6.07) is 5.92. The van der Waals surface area contributed by atoms with Gasteiger partial charge in [0, 0.05) is 11.1 Å². The fourth-order valence-electron chi connectivity index (χ4n) is 1.85. The molecule has 3 rings (SSSR count). The molecule has 0 atom stereocenters. The minimum Gasteiger partial charge on any atom is -0.497 e. The van der Waals surface area contributed by atoms with Crippen LogP contribution < -0.4 is 10.1 Å². The van der Waals surface area contributed by atoms with E-state index < -0.39 is 0 Å². The van der Waals surface area contributed by atoms with Gasteiger partial charge in [-0.05, 0) is 24.6 Å². The van der Waals surface area contributed by atoms with Gasteiger partial charge >= 0.3 is 0 Å². The van der Waals surface area contributed by atoms with Crippen molar-refractivity contribution in [2.45, 2.75) is 19.9 Å². The Morgan fingerprint density at radius 3 is 2.95 bits per heavy atom. The summed E-state index contributed by atoms with van der Waals surface area (Å²) in [5.74, 6) is 0.861. The Bertz CT molecular complexity index is 720. The molecule has 0 aliphatic carbocycles. The molecule has 1 aromatic carbocycles. The monoisotopic (exact) mass is 305 g/mol. The van der Waals surface area contributed by atoms with E-state index in [1.54, 1.807) is 29.8 Å². The molecule has 0 spiro atoms. The molecule has 0 saturated heterocycles. The molecule has 104 valence electrons. The molecule has 4 nitrogen and oxygen atoms in total. The lowest BCUT2D eigenvalue weighted by Gasteiger charge is -1.97. The number of nitrogens with one attached hydrogen (secondary N) is 1. The van der Waals surface area contributed by atoms with Crippen LogP contribution in [0.4, 0.5) is 5.13 Å². The first-order valence-corrected chi connectivity index (χ1v) is 8.04. The minimum atomic E-state index is 0.724. The Morgan fingerprint density at radius 1 is 1.30 bits per heavy atom. The van der Waals surface area contributed by atoms with E-state index in [1.807, 2.05) is 24.4 Å². The van der Waals surface area contributed by atoms with E-state index in [1.165, 1.54) is 4.88 Å². The average Bonchev–Trinajstić information content (AvgIpc) is 3.10. The van der Waals surface area contributed by atoms with E-state index in [-0.39, 0.29) is 0 Å². The van der Waals surface area contributed by atoms with Crippen molar-refractivity contribution in [3.8, 4) is 5.75 Å². The Morgan fingerprint density at radius 2 is 2.20 bits per heavy atom. The first kappa shape index (κ1) is 13.3. The van der Waals surface area contributed by atoms with Crippen LogP contribution in [0.5, 0.6) is 5.75 Å². The lowest BCUT2D eigenvalue weighted by Crippen LogP contribution is -1.97. The van der Waals surface area contributed by atoms with Gasteiger partial charge in [-0.1, -0.05) is 18.3 Å². The van der Waals surface area contributed by atoms with Crippen LogP contribution in [-0.2, 0) is 13.0 Å². The predicted octanol–water partition coefficient (Wildman–Crippen LogP) is 3.94. The number of hydrogen-bond donors (Lipinski definition) is 1. The highest BCUT2D eigenvalue weighted by molar-refractivity contribution is 7.22. The molecular formula is C14H15N3OS2. The smallest absolute Gasteiger partial charge is 0.184 e. The van der Waals surface area contributed by atoms with Gasteiger partial charge in [-0.25, -0.2) is 9.97 Å². The van der Waals surface area contributed by atoms with Gasteiger partial charge < -0.3 is 10.1 Å². The van der Waals surface area contributed by atoms with Crippen molar-refractivity contribution in [2.24, 2.45) is 0 Å². The van der Waals surface area contributed by atoms with Crippen LogP contribution in [0.1, 0.15) is 16.8 Å². The van der Waals surface area contributed by atoms with Crippen molar-refractivity contribution in [2.75, 3.05) is 12.4 Å². The second kappa shape index (κ2) is 5.76. The third kappa shape index (κ3) is 2.76.